The fourth-order valence-corrected chi connectivity index (χ4v) is 2.61. The highest BCUT2D eigenvalue weighted by Gasteiger charge is 2.24. The molecule has 0 atom stereocenters. The van der Waals surface area contributed by atoms with Crippen LogP contribution in [0.4, 0.5) is 0 Å². The molecule has 0 spiro atoms. The summed E-state index contributed by atoms with van der Waals surface area (Å²) in [5, 5.41) is 27.2. The van der Waals surface area contributed by atoms with Crippen LogP contribution in [-0.2, 0) is 10.1 Å². The molecule has 114 valence electrons. The van der Waals surface area contributed by atoms with Gasteiger partial charge in [0.15, 0.2) is 0 Å². The van der Waals surface area contributed by atoms with Gasteiger partial charge < -0.3 is 24.4 Å². The van der Waals surface area contributed by atoms with Crippen LogP contribution < -0.4 is 0 Å². The third-order valence-electron chi connectivity index (χ3n) is 2.95. The van der Waals surface area contributed by atoms with Crippen molar-refractivity contribution in [3.63, 3.8) is 0 Å². The van der Waals surface area contributed by atoms with Gasteiger partial charge in [0, 0.05) is 0 Å². The Morgan fingerprint density at radius 1 is 1.11 bits per heavy atom. The molecule has 0 bridgehead atoms. The predicted molar refractivity (Wildman–Crippen MR) is 69.3 cm³/mol. The molecular formula is C11H23NO6S. The fourth-order valence-electron chi connectivity index (χ4n) is 1.93. The van der Waals surface area contributed by atoms with Gasteiger partial charge >= 0.3 is 0 Å². The molecule has 0 radical (unpaired) electrons. The van der Waals surface area contributed by atoms with E-state index in [0.717, 1.165) is 0 Å². The van der Waals surface area contributed by atoms with E-state index in [2.05, 4.69) is 0 Å². The van der Waals surface area contributed by atoms with Crippen molar-refractivity contribution in [3.05, 3.63) is 11.6 Å². The number of aliphatic hydroxyl groups is 3. The van der Waals surface area contributed by atoms with Crippen LogP contribution in [0.3, 0.4) is 0 Å². The van der Waals surface area contributed by atoms with E-state index in [4.69, 9.17) is 15.3 Å². The summed E-state index contributed by atoms with van der Waals surface area (Å²) < 4.78 is 32.1. The second kappa shape index (κ2) is 8.62. The lowest BCUT2D eigenvalue weighted by Gasteiger charge is -2.36. The molecule has 0 heterocycles. The Hall–Kier alpha value is -0.510. The minimum atomic E-state index is -4.30. The molecule has 0 aromatic carbocycles. The third-order valence-corrected chi connectivity index (χ3v) is 3.76. The fraction of sp³-hybridized carbons (Fsp3) is 0.818. The van der Waals surface area contributed by atoms with Crippen molar-refractivity contribution in [2.24, 2.45) is 0 Å². The molecule has 0 aromatic rings. The summed E-state index contributed by atoms with van der Waals surface area (Å²) in [5.41, 5.74) is 0.423. The average molecular weight is 297 g/mol. The largest absolute Gasteiger partial charge is 0.748 e. The summed E-state index contributed by atoms with van der Waals surface area (Å²) in [6.07, 6.45) is 1.61. The monoisotopic (exact) mass is 297 g/mol. The molecule has 0 aliphatic heterocycles. The van der Waals surface area contributed by atoms with Gasteiger partial charge in [-0.3, -0.25) is 0 Å². The molecule has 0 saturated carbocycles. The first kappa shape index (κ1) is 18.5. The molecule has 0 aliphatic carbocycles. The molecule has 8 heteroatoms. The van der Waals surface area contributed by atoms with Gasteiger partial charge in [-0.05, 0) is 13.0 Å². The highest BCUT2D eigenvalue weighted by Crippen LogP contribution is 2.08. The van der Waals surface area contributed by atoms with Crippen LogP contribution in [0.1, 0.15) is 6.92 Å². The quantitative estimate of drug-likeness (QED) is 0.251. The Morgan fingerprint density at radius 3 is 1.84 bits per heavy atom. The number of nitrogens with zero attached hydrogens (tertiary/aromatic N) is 1. The molecule has 19 heavy (non-hydrogen) atoms. The number of quaternary nitrogens is 1. The lowest BCUT2D eigenvalue weighted by atomic mass is 10.2. The minimum absolute atomic E-state index is 0.104. The smallest absolute Gasteiger partial charge is 0.102 e. The predicted octanol–water partition coefficient (Wildman–Crippen LogP) is -1.73. The third kappa shape index (κ3) is 8.30. The number of hydrogen-bond donors (Lipinski definition) is 3. The molecule has 7 nitrogen and oxygen atoms in total. The van der Waals surface area contributed by atoms with Gasteiger partial charge in [0.1, 0.15) is 19.6 Å². The molecule has 0 saturated heterocycles. The maximum absolute atomic E-state index is 10.6. The van der Waals surface area contributed by atoms with Crippen LogP contribution in [0.25, 0.3) is 0 Å². The van der Waals surface area contributed by atoms with E-state index in [1.165, 1.54) is 0 Å². The normalized spacial score (nSPS) is 13.8. The van der Waals surface area contributed by atoms with Crippen LogP contribution in [-0.4, -0.2) is 84.5 Å². The Bertz CT molecular complexity index is 362. The maximum Gasteiger partial charge on any atom is 0.102 e. The van der Waals surface area contributed by atoms with E-state index in [9.17, 15) is 13.0 Å². The highest BCUT2D eigenvalue weighted by atomic mass is 32.2. The molecule has 0 aliphatic rings. The number of rotatable bonds is 10. The second-order valence-electron chi connectivity index (χ2n) is 4.62. The zero-order chi connectivity index (χ0) is 14.9. The Morgan fingerprint density at radius 2 is 1.53 bits per heavy atom. The summed E-state index contributed by atoms with van der Waals surface area (Å²) >= 11 is 0. The zero-order valence-corrected chi connectivity index (χ0v) is 12.0. The molecular weight excluding hydrogens is 274 g/mol. The van der Waals surface area contributed by atoms with Gasteiger partial charge in [0.25, 0.3) is 0 Å². The van der Waals surface area contributed by atoms with Crippen LogP contribution in [0, 0.1) is 0 Å². The van der Waals surface area contributed by atoms with Crippen molar-refractivity contribution in [2.45, 2.75) is 6.92 Å². The van der Waals surface area contributed by atoms with E-state index in [0.29, 0.717) is 31.8 Å². The summed E-state index contributed by atoms with van der Waals surface area (Å²) in [6, 6.07) is 0. The molecule has 0 unspecified atom stereocenters. The maximum atomic E-state index is 10.6. The van der Waals surface area contributed by atoms with Crippen molar-refractivity contribution in [3.8, 4) is 0 Å². The molecule has 0 amide bonds. The standard InChI is InChI=1S/C11H23NO6S/c1-11(10-19(16,17)18)2-3-12(4-7-13,5-8-14)6-9-15/h2,13-15H,3-10H2,1H3/b11-2-. The van der Waals surface area contributed by atoms with E-state index in [-0.39, 0.29) is 24.3 Å². The van der Waals surface area contributed by atoms with Gasteiger partial charge in [-0.15, -0.1) is 0 Å². The van der Waals surface area contributed by atoms with Gasteiger partial charge in [0.2, 0.25) is 0 Å². The van der Waals surface area contributed by atoms with Crippen LogP contribution in [0.5, 0.6) is 0 Å². The van der Waals surface area contributed by atoms with E-state index < -0.39 is 15.9 Å². The first-order chi connectivity index (χ1) is 8.78. The summed E-state index contributed by atoms with van der Waals surface area (Å²) in [6.45, 7) is 2.61. The van der Waals surface area contributed by atoms with Gasteiger partial charge in [-0.2, -0.15) is 0 Å². The highest BCUT2D eigenvalue weighted by molar-refractivity contribution is 7.85. The van der Waals surface area contributed by atoms with Crippen molar-refractivity contribution in [1.29, 1.82) is 0 Å². The van der Waals surface area contributed by atoms with Crippen LogP contribution in [0.2, 0.25) is 0 Å². The van der Waals surface area contributed by atoms with Crippen LogP contribution in [0.15, 0.2) is 11.6 Å². The zero-order valence-electron chi connectivity index (χ0n) is 11.2. The van der Waals surface area contributed by atoms with Crippen molar-refractivity contribution in [2.75, 3.05) is 51.8 Å². The first-order valence-electron chi connectivity index (χ1n) is 6.05. The topological polar surface area (TPSA) is 118 Å². The summed E-state index contributed by atoms with van der Waals surface area (Å²) in [4.78, 5) is 0. The summed E-state index contributed by atoms with van der Waals surface area (Å²) in [7, 11) is -4.30. The Labute approximate surface area is 114 Å². The minimum Gasteiger partial charge on any atom is -0.748 e. The van der Waals surface area contributed by atoms with Crippen molar-refractivity contribution >= 4 is 10.1 Å². The Kier molecular flexibility index (Phi) is 8.39. The Balaban J connectivity index is 4.84. The SMILES string of the molecule is C/C(=C/C[N+](CCO)(CCO)CCO)CS(=O)(=O)[O-]. The molecule has 0 fully saturated rings. The lowest BCUT2D eigenvalue weighted by molar-refractivity contribution is -0.923. The van der Waals surface area contributed by atoms with Crippen molar-refractivity contribution in [1.82, 2.24) is 0 Å². The van der Waals surface area contributed by atoms with Gasteiger partial charge in [0.05, 0.1) is 42.2 Å². The van der Waals surface area contributed by atoms with Crippen molar-refractivity contribution < 1.29 is 32.8 Å². The van der Waals surface area contributed by atoms with Gasteiger partial charge in [-0.1, -0.05) is 5.57 Å². The molecule has 0 aromatic heterocycles. The van der Waals surface area contributed by atoms with E-state index in [1.807, 2.05) is 0 Å². The molecule has 0 rings (SSSR count). The van der Waals surface area contributed by atoms with Crippen LogP contribution >= 0.6 is 0 Å². The van der Waals surface area contributed by atoms with E-state index in [1.54, 1.807) is 13.0 Å². The summed E-state index contributed by atoms with van der Waals surface area (Å²) in [5.74, 6) is -0.551. The second-order valence-corrected chi connectivity index (χ2v) is 6.02. The number of aliphatic hydroxyl groups excluding tert-OH is 3. The lowest BCUT2D eigenvalue weighted by Crippen LogP contribution is -2.53. The number of hydrogen-bond acceptors (Lipinski definition) is 6. The first-order valence-corrected chi connectivity index (χ1v) is 7.63. The average Bonchev–Trinajstić information content (AvgIpc) is 2.25. The van der Waals surface area contributed by atoms with Gasteiger partial charge in [-0.25, -0.2) is 8.42 Å². The molecule has 3 N–H and O–H groups in total. The van der Waals surface area contributed by atoms with E-state index >= 15 is 0 Å².